The van der Waals surface area contributed by atoms with Crippen molar-refractivity contribution in [3.05, 3.63) is 78.3 Å². The summed E-state index contributed by atoms with van der Waals surface area (Å²) in [5.41, 5.74) is 2.63. The number of thioether (sulfide) groups is 1. The molecule has 0 bridgehead atoms. The van der Waals surface area contributed by atoms with Gasteiger partial charge in [0.2, 0.25) is 5.91 Å². The van der Waals surface area contributed by atoms with Crippen LogP contribution >= 0.6 is 11.8 Å². The summed E-state index contributed by atoms with van der Waals surface area (Å²) in [6.45, 7) is 2.48. The largest absolute Gasteiger partial charge is 0.495 e. The molecule has 2 heterocycles. The fraction of sp³-hybridized carbons (Fsp3) is 0.174. The number of ether oxygens (including phenoxy) is 1. The minimum Gasteiger partial charge on any atom is -0.495 e. The summed E-state index contributed by atoms with van der Waals surface area (Å²) in [4.78, 5) is 12.6. The van der Waals surface area contributed by atoms with Gasteiger partial charge in [0.1, 0.15) is 11.5 Å². The Hall–Kier alpha value is -3.52. The SMILES string of the molecule is COc1ccccc1NC(=O)CSc1nnc(-c2ccoc2C)n1Cc1ccccc1. The van der Waals surface area contributed by atoms with Gasteiger partial charge in [0.05, 0.1) is 36.9 Å². The van der Waals surface area contributed by atoms with Gasteiger partial charge in [-0.05, 0) is 30.7 Å². The third-order valence-corrected chi connectivity index (χ3v) is 5.68. The molecule has 8 heteroatoms. The lowest BCUT2D eigenvalue weighted by atomic mass is 10.2. The predicted molar refractivity (Wildman–Crippen MR) is 120 cm³/mol. The Morgan fingerprint density at radius 2 is 1.87 bits per heavy atom. The molecular formula is C23H22N4O3S. The fourth-order valence-corrected chi connectivity index (χ4v) is 3.92. The Morgan fingerprint density at radius 3 is 2.61 bits per heavy atom. The zero-order valence-corrected chi connectivity index (χ0v) is 18.1. The van der Waals surface area contributed by atoms with Gasteiger partial charge in [-0.3, -0.25) is 9.36 Å². The van der Waals surface area contributed by atoms with Gasteiger partial charge in [0.25, 0.3) is 0 Å². The molecule has 1 N–H and O–H groups in total. The zero-order valence-electron chi connectivity index (χ0n) is 17.2. The lowest BCUT2D eigenvalue weighted by molar-refractivity contribution is -0.113. The number of methoxy groups -OCH3 is 1. The molecule has 0 spiro atoms. The molecule has 4 aromatic rings. The Kier molecular flexibility index (Phi) is 6.37. The minimum atomic E-state index is -0.148. The van der Waals surface area contributed by atoms with Gasteiger partial charge in [-0.25, -0.2) is 0 Å². The number of hydrogen-bond acceptors (Lipinski definition) is 6. The van der Waals surface area contributed by atoms with Gasteiger partial charge in [-0.2, -0.15) is 0 Å². The topological polar surface area (TPSA) is 82.2 Å². The van der Waals surface area contributed by atoms with Gasteiger partial charge in [-0.1, -0.05) is 54.2 Å². The summed E-state index contributed by atoms with van der Waals surface area (Å²) < 4.78 is 12.8. The number of carbonyl (C=O) groups is 1. The molecule has 7 nitrogen and oxygen atoms in total. The Morgan fingerprint density at radius 1 is 1.10 bits per heavy atom. The molecule has 2 aromatic carbocycles. The Labute approximate surface area is 184 Å². The summed E-state index contributed by atoms with van der Waals surface area (Å²) in [5.74, 6) is 2.14. The smallest absolute Gasteiger partial charge is 0.234 e. The van der Waals surface area contributed by atoms with E-state index in [9.17, 15) is 4.79 Å². The zero-order chi connectivity index (χ0) is 21.6. The number of benzene rings is 2. The second kappa shape index (κ2) is 9.53. The minimum absolute atomic E-state index is 0.148. The van der Waals surface area contributed by atoms with E-state index < -0.39 is 0 Å². The van der Waals surface area contributed by atoms with E-state index in [0.29, 0.717) is 29.0 Å². The van der Waals surface area contributed by atoms with Crippen LogP contribution in [0.5, 0.6) is 5.75 Å². The van der Waals surface area contributed by atoms with Crippen LogP contribution in [0.1, 0.15) is 11.3 Å². The second-order valence-corrected chi connectivity index (χ2v) is 7.75. The third kappa shape index (κ3) is 4.80. The van der Waals surface area contributed by atoms with Gasteiger partial charge >= 0.3 is 0 Å². The monoisotopic (exact) mass is 434 g/mol. The highest BCUT2D eigenvalue weighted by atomic mass is 32.2. The van der Waals surface area contributed by atoms with E-state index in [1.807, 2.05) is 47.9 Å². The van der Waals surface area contributed by atoms with Crippen LogP contribution in [-0.2, 0) is 11.3 Å². The lowest BCUT2D eigenvalue weighted by Gasteiger charge is -2.11. The second-order valence-electron chi connectivity index (χ2n) is 6.81. The summed E-state index contributed by atoms with van der Waals surface area (Å²) >= 11 is 1.34. The number of carbonyl (C=O) groups excluding carboxylic acids is 1. The van der Waals surface area contributed by atoms with Gasteiger partial charge in [0.15, 0.2) is 11.0 Å². The molecule has 0 aliphatic rings. The van der Waals surface area contributed by atoms with Crippen molar-refractivity contribution < 1.29 is 13.9 Å². The Balaban J connectivity index is 1.54. The van der Waals surface area contributed by atoms with Crippen LogP contribution in [0.4, 0.5) is 5.69 Å². The molecule has 0 aliphatic heterocycles. The van der Waals surface area contributed by atoms with Gasteiger partial charge in [0, 0.05) is 0 Å². The number of furan rings is 1. The van der Waals surface area contributed by atoms with E-state index in [4.69, 9.17) is 9.15 Å². The summed E-state index contributed by atoms with van der Waals surface area (Å²) in [6.07, 6.45) is 1.64. The first-order valence-electron chi connectivity index (χ1n) is 9.73. The quantitative estimate of drug-likeness (QED) is 0.407. The van der Waals surface area contributed by atoms with Crippen molar-refractivity contribution in [2.75, 3.05) is 18.2 Å². The van der Waals surface area contributed by atoms with Crippen LogP contribution in [0.3, 0.4) is 0 Å². The summed E-state index contributed by atoms with van der Waals surface area (Å²) in [5, 5.41) is 12.3. The molecule has 0 atom stereocenters. The number of nitrogens with one attached hydrogen (secondary N) is 1. The molecule has 0 saturated heterocycles. The highest BCUT2D eigenvalue weighted by Crippen LogP contribution is 2.28. The van der Waals surface area contributed by atoms with Crippen LogP contribution in [0.2, 0.25) is 0 Å². The molecule has 158 valence electrons. The average molecular weight is 435 g/mol. The maximum Gasteiger partial charge on any atom is 0.234 e. The number of anilines is 1. The number of rotatable bonds is 8. The van der Waals surface area contributed by atoms with Crippen LogP contribution in [0, 0.1) is 6.92 Å². The normalized spacial score (nSPS) is 10.8. The van der Waals surface area contributed by atoms with Crippen molar-refractivity contribution in [3.8, 4) is 17.1 Å². The van der Waals surface area contributed by atoms with E-state index in [2.05, 4.69) is 27.6 Å². The number of para-hydroxylation sites is 2. The molecule has 0 radical (unpaired) electrons. The van der Waals surface area contributed by atoms with E-state index in [1.165, 1.54) is 11.8 Å². The average Bonchev–Trinajstić information content (AvgIpc) is 3.39. The highest BCUT2D eigenvalue weighted by Gasteiger charge is 2.19. The third-order valence-electron chi connectivity index (χ3n) is 4.71. The van der Waals surface area contributed by atoms with E-state index in [1.54, 1.807) is 25.5 Å². The first-order valence-corrected chi connectivity index (χ1v) is 10.7. The van der Waals surface area contributed by atoms with Crippen LogP contribution in [0.25, 0.3) is 11.4 Å². The number of hydrogen-bond donors (Lipinski definition) is 1. The van der Waals surface area contributed by atoms with E-state index in [-0.39, 0.29) is 11.7 Å². The number of amides is 1. The number of aryl methyl sites for hydroxylation is 1. The maximum absolute atomic E-state index is 12.6. The summed E-state index contributed by atoms with van der Waals surface area (Å²) in [7, 11) is 1.57. The first kappa shape index (κ1) is 20.7. The molecule has 4 rings (SSSR count). The summed E-state index contributed by atoms with van der Waals surface area (Å²) in [6, 6.07) is 19.3. The van der Waals surface area contributed by atoms with Crippen molar-refractivity contribution in [1.29, 1.82) is 0 Å². The van der Waals surface area contributed by atoms with Crippen molar-refractivity contribution >= 4 is 23.4 Å². The van der Waals surface area contributed by atoms with Crippen molar-refractivity contribution in [1.82, 2.24) is 14.8 Å². The van der Waals surface area contributed by atoms with E-state index in [0.717, 1.165) is 16.9 Å². The van der Waals surface area contributed by atoms with Crippen molar-refractivity contribution in [3.63, 3.8) is 0 Å². The number of aromatic nitrogens is 3. The van der Waals surface area contributed by atoms with Gasteiger partial charge < -0.3 is 14.5 Å². The molecular weight excluding hydrogens is 412 g/mol. The van der Waals surface area contributed by atoms with E-state index >= 15 is 0 Å². The van der Waals surface area contributed by atoms with Crippen molar-refractivity contribution in [2.45, 2.75) is 18.6 Å². The number of nitrogens with zero attached hydrogens (tertiary/aromatic N) is 3. The van der Waals surface area contributed by atoms with Gasteiger partial charge in [-0.15, -0.1) is 10.2 Å². The fourth-order valence-electron chi connectivity index (χ4n) is 3.18. The highest BCUT2D eigenvalue weighted by molar-refractivity contribution is 7.99. The van der Waals surface area contributed by atoms with Crippen LogP contribution in [0.15, 0.2) is 76.5 Å². The maximum atomic E-state index is 12.6. The molecule has 0 fully saturated rings. The lowest BCUT2D eigenvalue weighted by Crippen LogP contribution is -2.15. The molecule has 31 heavy (non-hydrogen) atoms. The standard InChI is InChI=1S/C23H22N4O3S/c1-16-18(12-13-30-16)22-25-26-23(27(22)14-17-8-4-3-5-9-17)31-15-21(28)24-19-10-6-7-11-20(19)29-2/h3-13H,14-15H2,1-2H3,(H,24,28). The van der Waals surface area contributed by atoms with Crippen LogP contribution in [-0.4, -0.2) is 33.5 Å². The molecule has 2 aromatic heterocycles. The molecule has 0 unspecified atom stereocenters. The molecule has 0 saturated carbocycles. The Bertz CT molecular complexity index is 1170. The predicted octanol–water partition coefficient (Wildman–Crippen LogP) is 4.63. The van der Waals surface area contributed by atoms with Crippen LogP contribution < -0.4 is 10.1 Å². The first-order chi connectivity index (χ1) is 15.2. The van der Waals surface area contributed by atoms with Crippen molar-refractivity contribution in [2.24, 2.45) is 0 Å². The molecule has 0 aliphatic carbocycles. The molecule has 1 amide bonds.